The van der Waals surface area contributed by atoms with E-state index >= 15 is 0 Å². The maximum atomic E-state index is 12.4. The van der Waals surface area contributed by atoms with Gasteiger partial charge in [-0.25, -0.2) is 4.39 Å². The summed E-state index contributed by atoms with van der Waals surface area (Å²) < 4.78 is 47.4. The van der Waals surface area contributed by atoms with Crippen molar-refractivity contribution in [2.24, 2.45) is 5.41 Å². The van der Waals surface area contributed by atoms with Crippen molar-refractivity contribution in [1.29, 1.82) is 0 Å². The molecule has 0 rings (SSSR count). The van der Waals surface area contributed by atoms with Crippen molar-refractivity contribution in [2.45, 2.75) is 26.2 Å². The lowest BCUT2D eigenvalue weighted by Crippen LogP contribution is -2.37. The van der Waals surface area contributed by atoms with Crippen molar-refractivity contribution in [3.63, 3.8) is 0 Å². The number of hydrogen-bond acceptors (Lipinski definition) is 0. The molecule has 0 aliphatic heterocycles. The SMILES string of the molecule is C#CC(C)(C)C(F)C(F)(F)F. The molecular formula is C7H8F4. The van der Waals surface area contributed by atoms with Crippen molar-refractivity contribution in [1.82, 2.24) is 0 Å². The molecular weight excluding hydrogens is 160 g/mol. The molecule has 0 radical (unpaired) electrons. The highest BCUT2D eigenvalue weighted by Crippen LogP contribution is 2.35. The lowest BCUT2D eigenvalue weighted by Gasteiger charge is -2.24. The average Bonchev–Trinajstić information content (AvgIpc) is 1.84. The molecule has 1 atom stereocenters. The molecule has 64 valence electrons. The summed E-state index contributed by atoms with van der Waals surface area (Å²) >= 11 is 0. The largest absolute Gasteiger partial charge is 0.421 e. The van der Waals surface area contributed by atoms with Gasteiger partial charge in [-0.05, 0) is 13.8 Å². The predicted octanol–water partition coefficient (Wildman–Crippen LogP) is 2.55. The van der Waals surface area contributed by atoms with Gasteiger partial charge in [0.1, 0.15) is 0 Å². The Morgan fingerprint density at radius 1 is 1.27 bits per heavy atom. The third kappa shape index (κ3) is 2.41. The average molecular weight is 168 g/mol. The van der Waals surface area contributed by atoms with Gasteiger partial charge in [-0.2, -0.15) is 13.2 Å². The lowest BCUT2D eigenvalue weighted by atomic mass is 9.88. The predicted molar refractivity (Wildman–Crippen MR) is 33.6 cm³/mol. The Morgan fingerprint density at radius 2 is 1.64 bits per heavy atom. The summed E-state index contributed by atoms with van der Waals surface area (Å²) in [6, 6.07) is 0. The molecule has 11 heavy (non-hydrogen) atoms. The molecule has 0 fully saturated rings. The maximum absolute atomic E-state index is 12.4. The van der Waals surface area contributed by atoms with Crippen LogP contribution in [0.1, 0.15) is 13.8 Å². The molecule has 0 aromatic heterocycles. The lowest BCUT2D eigenvalue weighted by molar-refractivity contribution is -0.200. The van der Waals surface area contributed by atoms with Crippen LogP contribution in [0.25, 0.3) is 0 Å². The molecule has 1 unspecified atom stereocenters. The Hall–Kier alpha value is -0.720. The molecule has 0 aromatic rings. The van der Waals surface area contributed by atoms with Gasteiger partial charge in [-0.1, -0.05) is 5.92 Å². The van der Waals surface area contributed by atoms with Crippen molar-refractivity contribution in [3.8, 4) is 12.3 Å². The zero-order chi connectivity index (χ0) is 9.28. The first kappa shape index (κ1) is 10.3. The van der Waals surface area contributed by atoms with Crippen LogP contribution in [0.2, 0.25) is 0 Å². The van der Waals surface area contributed by atoms with Gasteiger partial charge in [0, 0.05) is 0 Å². The van der Waals surface area contributed by atoms with Crippen LogP contribution in [0.4, 0.5) is 17.6 Å². The maximum Gasteiger partial charge on any atom is 0.421 e. The Labute approximate surface area is 62.6 Å². The fraction of sp³-hybridized carbons (Fsp3) is 0.714. The monoisotopic (exact) mass is 168 g/mol. The number of rotatable bonds is 1. The second-order valence-electron chi connectivity index (χ2n) is 2.77. The first-order valence-corrected chi connectivity index (χ1v) is 2.90. The van der Waals surface area contributed by atoms with E-state index in [1.807, 2.05) is 0 Å². The topological polar surface area (TPSA) is 0 Å². The van der Waals surface area contributed by atoms with Crippen LogP contribution in [-0.4, -0.2) is 12.3 Å². The summed E-state index contributed by atoms with van der Waals surface area (Å²) in [5, 5.41) is 0. The normalized spacial score (nSPS) is 15.7. The molecule has 0 amide bonds. The summed E-state index contributed by atoms with van der Waals surface area (Å²) in [5.74, 6) is 1.75. The van der Waals surface area contributed by atoms with Crippen molar-refractivity contribution in [2.75, 3.05) is 0 Å². The van der Waals surface area contributed by atoms with Crippen LogP contribution < -0.4 is 0 Å². The van der Waals surface area contributed by atoms with Crippen LogP contribution >= 0.6 is 0 Å². The standard InChI is InChI=1S/C7H8F4/c1-4-6(2,3)5(8)7(9,10)11/h1,5H,2-3H3. The highest BCUT2D eigenvalue weighted by atomic mass is 19.4. The summed E-state index contributed by atoms with van der Waals surface area (Å²) in [7, 11) is 0. The Balaban J connectivity index is 4.52. The summed E-state index contributed by atoms with van der Waals surface area (Å²) in [5.41, 5.74) is -1.78. The van der Waals surface area contributed by atoms with E-state index in [0.29, 0.717) is 0 Å². The van der Waals surface area contributed by atoms with Crippen molar-refractivity contribution < 1.29 is 17.6 Å². The zero-order valence-electron chi connectivity index (χ0n) is 6.17. The zero-order valence-corrected chi connectivity index (χ0v) is 6.17. The Kier molecular flexibility index (Phi) is 2.55. The second kappa shape index (κ2) is 2.72. The molecule has 0 aliphatic rings. The number of terminal acetylenes is 1. The van der Waals surface area contributed by atoms with Crippen LogP contribution in [0.15, 0.2) is 0 Å². The van der Waals surface area contributed by atoms with E-state index in [0.717, 1.165) is 13.8 Å². The minimum Gasteiger partial charge on any atom is -0.236 e. The summed E-state index contributed by atoms with van der Waals surface area (Å²) in [6.45, 7) is 2.07. The van der Waals surface area contributed by atoms with Crippen LogP contribution in [-0.2, 0) is 0 Å². The molecule has 0 saturated heterocycles. The van der Waals surface area contributed by atoms with Gasteiger partial charge in [0.15, 0.2) is 0 Å². The van der Waals surface area contributed by atoms with E-state index < -0.39 is 17.8 Å². The Morgan fingerprint density at radius 3 is 1.73 bits per heavy atom. The van der Waals surface area contributed by atoms with Gasteiger partial charge in [0.05, 0.1) is 5.41 Å². The highest BCUT2D eigenvalue weighted by molar-refractivity contribution is 5.06. The first-order chi connectivity index (χ1) is 4.72. The van der Waals surface area contributed by atoms with Crippen LogP contribution in [0.3, 0.4) is 0 Å². The highest BCUT2D eigenvalue weighted by Gasteiger charge is 2.49. The van der Waals surface area contributed by atoms with Gasteiger partial charge in [-0.15, -0.1) is 6.42 Å². The molecule has 0 spiro atoms. The molecule has 0 aromatic carbocycles. The minimum absolute atomic E-state index is 1.03. The molecule has 4 heteroatoms. The van der Waals surface area contributed by atoms with Gasteiger partial charge < -0.3 is 0 Å². The molecule has 0 heterocycles. The number of halogens is 4. The van der Waals surface area contributed by atoms with Gasteiger partial charge >= 0.3 is 6.18 Å². The van der Waals surface area contributed by atoms with Gasteiger partial charge in [0.2, 0.25) is 6.17 Å². The van der Waals surface area contributed by atoms with Crippen molar-refractivity contribution in [3.05, 3.63) is 0 Å². The van der Waals surface area contributed by atoms with E-state index in [1.165, 1.54) is 0 Å². The molecule has 0 bridgehead atoms. The molecule has 0 N–H and O–H groups in total. The summed E-state index contributed by atoms with van der Waals surface area (Å²) in [6.07, 6.45) is -3.11. The quantitative estimate of drug-likeness (QED) is 0.417. The third-order valence-electron chi connectivity index (χ3n) is 1.29. The van der Waals surface area contributed by atoms with E-state index in [2.05, 4.69) is 0 Å². The van der Waals surface area contributed by atoms with Crippen LogP contribution in [0.5, 0.6) is 0 Å². The number of hydrogen-bond donors (Lipinski definition) is 0. The fourth-order valence-corrected chi connectivity index (χ4v) is 0.482. The summed E-state index contributed by atoms with van der Waals surface area (Å²) in [4.78, 5) is 0. The van der Waals surface area contributed by atoms with E-state index in [4.69, 9.17) is 6.42 Å². The van der Waals surface area contributed by atoms with Gasteiger partial charge in [-0.3, -0.25) is 0 Å². The fourth-order valence-electron chi connectivity index (χ4n) is 0.482. The minimum atomic E-state index is -4.87. The van der Waals surface area contributed by atoms with E-state index in [9.17, 15) is 17.6 Å². The van der Waals surface area contributed by atoms with Crippen LogP contribution in [0, 0.1) is 17.8 Å². The third-order valence-corrected chi connectivity index (χ3v) is 1.29. The van der Waals surface area contributed by atoms with Gasteiger partial charge in [0.25, 0.3) is 0 Å². The number of alkyl halides is 4. The first-order valence-electron chi connectivity index (χ1n) is 2.90. The second-order valence-corrected chi connectivity index (χ2v) is 2.77. The molecule has 0 saturated carbocycles. The molecule has 0 nitrogen and oxygen atoms in total. The molecule has 0 aliphatic carbocycles. The van der Waals surface area contributed by atoms with E-state index in [-0.39, 0.29) is 0 Å². The van der Waals surface area contributed by atoms with Crippen molar-refractivity contribution >= 4 is 0 Å². The smallest absolute Gasteiger partial charge is 0.236 e. The van der Waals surface area contributed by atoms with E-state index in [1.54, 1.807) is 5.92 Å². The Bertz CT molecular complexity index is 172.